The summed E-state index contributed by atoms with van der Waals surface area (Å²) in [5.74, 6) is 3.94. The average Bonchev–Trinajstić information content (AvgIpc) is 3.41. The monoisotopic (exact) mass is 339 g/mol. The number of rotatable bonds is 8. The van der Waals surface area contributed by atoms with Crippen molar-refractivity contribution in [1.29, 1.82) is 0 Å². The van der Waals surface area contributed by atoms with E-state index in [1.165, 1.54) is 12.8 Å². The molecule has 1 N–H and O–H groups in total. The molecule has 2 aromatic heterocycles. The van der Waals surface area contributed by atoms with Crippen molar-refractivity contribution in [2.75, 3.05) is 25.6 Å². The third-order valence-corrected chi connectivity index (χ3v) is 4.17. The maximum Gasteiger partial charge on any atom is 0.178 e. The third-order valence-electron chi connectivity index (χ3n) is 4.17. The highest BCUT2D eigenvalue weighted by Crippen LogP contribution is 2.38. The zero-order chi connectivity index (χ0) is 17.1. The molecule has 0 radical (unpaired) electrons. The van der Waals surface area contributed by atoms with Gasteiger partial charge in [-0.2, -0.15) is 4.52 Å². The second-order valence-corrected chi connectivity index (χ2v) is 6.13. The highest BCUT2D eigenvalue weighted by atomic mass is 16.5. The van der Waals surface area contributed by atoms with E-state index in [4.69, 9.17) is 9.47 Å². The van der Waals surface area contributed by atoms with Crippen molar-refractivity contribution >= 4 is 11.5 Å². The van der Waals surface area contributed by atoms with Gasteiger partial charge in [-0.15, -0.1) is 15.3 Å². The second-order valence-electron chi connectivity index (χ2n) is 6.13. The van der Waals surface area contributed by atoms with Crippen LogP contribution in [0.3, 0.4) is 0 Å². The van der Waals surface area contributed by atoms with E-state index < -0.39 is 0 Å². The van der Waals surface area contributed by atoms with Gasteiger partial charge in [0, 0.05) is 18.5 Å². The van der Waals surface area contributed by atoms with Gasteiger partial charge in [0.15, 0.2) is 11.5 Å². The van der Waals surface area contributed by atoms with Gasteiger partial charge in [-0.05, 0) is 43.5 Å². The van der Waals surface area contributed by atoms with Gasteiger partial charge in [-0.3, -0.25) is 0 Å². The third kappa shape index (κ3) is 3.65. The molecule has 130 valence electrons. The Morgan fingerprint density at radius 2 is 2.04 bits per heavy atom. The number of fused-ring (bicyclic) bond motifs is 1. The van der Waals surface area contributed by atoms with Crippen LogP contribution in [-0.4, -0.2) is 40.1 Å². The van der Waals surface area contributed by atoms with E-state index in [-0.39, 0.29) is 0 Å². The van der Waals surface area contributed by atoms with Crippen LogP contribution in [0.5, 0.6) is 11.5 Å². The topological polar surface area (TPSA) is 73.6 Å². The lowest BCUT2D eigenvalue weighted by Crippen LogP contribution is -2.10. The average molecular weight is 339 g/mol. The van der Waals surface area contributed by atoms with Crippen molar-refractivity contribution in [2.45, 2.75) is 25.2 Å². The lowest BCUT2D eigenvalue weighted by molar-refractivity contribution is 0.312. The molecule has 0 bridgehead atoms. The molecule has 0 amide bonds. The lowest BCUT2D eigenvalue weighted by atomic mass is 10.3. The Bertz CT molecular complexity index is 860. The van der Waals surface area contributed by atoms with Gasteiger partial charge in [0.25, 0.3) is 0 Å². The van der Waals surface area contributed by atoms with Crippen LogP contribution >= 0.6 is 0 Å². The summed E-state index contributed by atoms with van der Waals surface area (Å²) in [6, 6.07) is 11.5. The maximum atomic E-state index is 5.74. The van der Waals surface area contributed by atoms with Gasteiger partial charge < -0.3 is 14.8 Å². The fourth-order valence-corrected chi connectivity index (χ4v) is 2.67. The molecule has 4 rings (SSSR count). The van der Waals surface area contributed by atoms with E-state index >= 15 is 0 Å². The second kappa shape index (κ2) is 6.96. The summed E-state index contributed by atoms with van der Waals surface area (Å²) >= 11 is 0. The summed E-state index contributed by atoms with van der Waals surface area (Å²) in [6.45, 7) is 1.41. The fourth-order valence-electron chi connectivity index (χ4n) is 2.67. The van der Waals surface area contributed by atoms with E-state index in [1.54, 1.807) is 7.11 Å². The van der Waals surface area contributed by atoms with Gasteiger partial charge in [0.2, 0.25) is 0 Å². The van der Waals surface area contributed by atoms with Crippen LogP contribution in [-0.2, 0) is 0 Å². The molecule has 0 saturated heterocycles. The molecule has 0 unspecified atom stereocenters. The van der Waals surface area contributed by atoms with E-state index in [1.807, 2.05) is 40.9 Å². The van der Waals surface area contributed by atoms with Crippen molar-refractivity contribution in [3.8, 4) is 11.5 Å². The SMILES string of the molecule is COc1cccc(OCCCNc2ccc3nnc(C4CC4)n3n2)c1. The minimum Gasteiger partial charge on any atom is -0.497 e. The Morgan fingerprint density at radius 1 is 1.16 bits per heavy atom. The molecule has 1 aromatic carbocycles. The van der Waals surface area contributed by atoms with E-state index in [2.05, 4.69) is 20.6 Å². The van der Waals surface area contributed by atoms with Gasteiger partial charge in [-0.1, -0.05) is 6.07 Å². The predicted octanol–water partition coefficient (Wildman–Crippen LogP) is 2.89. The van der Waals surface area contributed by atoms with Crippen molar-refractivity contribution in [1.82, 2.24) is 19.8 Å². The lowest BCUT2D eigenvalue weighted by Gasteiger charge is -2.09. The summed E-state index contributed by atoms with van der Waals surface area (Å²) in [5.41, 5.74) is 0.800. The van der Waals surface area contributed by atoms with Crippen LogP contribution in [0.4, 0.5) is 5.82 Å². The number of methoxy groups -OCH3 is 1. The highest BCUT2D eigenvalue weighted by molar-refractivity contribution is 5.44. The molecule has 1 aliphatic carbocycles. The maximum absolute atomic E-state index is 5.74. The van der Waals surface area contributed by atoms with Crippen LogP contribution < -0.4 is 14.8 Å². The first-order chi connectivity index (χ1) is 12.3. The normalized spacial score (nSPS) is 13.8. The number of benzene rings is 1. The number of ether oxygens (including phenoxy) is 2. The number of aromatic nitrogens is 4. The van der Waals surface area contributed by atoms with Gasteiger partial charge in [0.05, 0.1) is 13.7 Å². The largest absolute Gasteiger partial charge is 0.497 e. The fraction of sp³-hybridized carbons (Fsp3) is 0.389. The molecule has 0 spiro atoms. The Hall–Kier alpha value is -2.83. The molecule has 0 atom stereocenters. The minimum absolute atomic E-state index is 0.522. The Labute approximate surface area is 146 Å². The molecule has 1 aliphatic rings. The van der Waals surface area contributed by atoms with Crippen molar-refractivity contribution in [2.24, 2.45) is 0 Å². The molecule has 7 heteroatoms. The van der Waals surface area contributed by atoms with E-state index in [0.29, 0.717) is 12.5 Å². The van der Waals surface area contributed by atoms with Crippen LogP contribution in [0.25, 0.3) is 5.65 Å². The number of nitrogens with one attached hydrogen (secondary N) is 1. The van der Waals surface area contributed by atoms with Gasteiger partial charge in [-0.25, -0.2) is 0 Å². The standard InChI is InChI=1S/C18H21N5O2/c1-24-14-4-2-5-15(12-14)25-11-3-10-19-16-8-9-17-20-21-18(13-6-7-13)23(17)22-16/h2,4-5,8-9,12-13H,3,6-7,10-11H2,1H3,(H,19,22). The Kier molecular flexibility index (Phi) is 4.37. The van der Waals surface area contributed by atoms with Crippen molar-refractivity contribution in [3.63, 3.8) is 0 Å². The summed E-state index contributed by atoms with van der Waals surface area (Å²) < 4.78 is 12.8. The Balaban J connectivity index is 1.28. The summed E-state index contributed by atoms with van der Waals surface area (Å²) in [4.78, 5) is 0. The number of hydrogen-bond acceptors (Lipinski definition) is 6. The number of hydrogen-bond donors (Lipinski definition) is 1. The van der Waals surface area contributed by atoms with Gasteiger partial charge in [0.1, 0.15) is 17.3 Å². The molecule has 1 fully saturated rings. The Morgan fingerprint density at radius 3 is 2.88 bits per heavy atom. The summed E-state index contributed by atoms with van der Waals surface area (Å²) in [6.07, 6.45) is 3.23. The molecule has 0 aliphatic heterocycles. The van der Waals surface area contributed by atoms with Crippen LogP contribution in [0.2, 0.25) is 0 Å². The zero-order valence-corrected chi connectivity index (χ0v) is 14.2. The molecule has 25 heavy (non-hydrogen) atoms. The number of anilines is 1. The van der Waals surface area contributed by atoms with Crippen LogP contribution in [0.15, 0.2) is 36.4 Å². The highest BCUT2D eigenvalue weighted by Gasteiger charge is 2.29. The number of nitrogens with zero attached hydrogens (tertiary/aromatic N) is 4. The first kappa shape index (κ1) is 15.7. The van der Waals surface area contributed by atoms with Gasteiger partial charge >= 0.3 is 0 Å². The summed E-state index contributed by atoms with van der Waals surface area (Å²) in [7, 11) is 1.65. The molecule has 2 heterocycles. The minimum atomic E-state index is 0.522. The zero-order valence-electron chi connectivity index (χ0n) is 14.2. The molecule has 7 nitrogen and oxygen atoms in total. The van der Waals surface area contributed by atoms with E-state index in [0.717, 1.165) is 41.8 Å². The molecule has 1 saturated carbocycles. The first-order valence-electron chi connectivity index (χ1n) is 8.56. The summed E-state index contributed by atoms with van der Waals surface area (Å²) in [5, 5.41) is 16.3. The van der Waals surface area contributed by atoms with Crippen LogP contribution in [0.1, 0.15) is 31.0 Å². The molecular weight excluding hydrogens is 318 g/mol. The molecule has 3 aromatic rings. The van der Waals surface area contributed by atoms with Crippen LogP contribution in [0, 0.1) is 0 Å². The first-order valence-corrected chi connectivity index (χ1v) is 8.56. The van der Waals surface area contributed by atoms with E-state index in [9.17, 15) is 0 Å². The smallest absolute Gasteiger partial charge is 0.178 e. The predicted molar refractivity (Wildman–Crippen MR) is 94.4 cm³/mol. The van der Waals surface area contributed by atoms with Crippen molar-refractivity contribution in [3.05, 3.63) is 42.2 Å². The molecular formula is C18H21N5O2. The van der Waals surface area contributed by atoms with Crippen molar-refractivity contribution < 1.29 is 9.47 Å². The quantitative estimate of drug-likeness (QED) is 0.636.